The second kappa shape index (κ2) is 7.62. The molecule has 2 aromatic carbocycles. The van der Waals surface area contributed by atoms with Crippen LogP contribution in [0.15, 0.2) is 47.6 Å². The largest absolute Gasteiger partial charge is 0.418 e. The fraction of sp³-hybridized carbons (Fsp3) is 0.105. The molecule has 9 heteroatoms. The van der Waals surface area contributed by atoms with Crippen LogP contribution in [-0.2, 0) is 6.18 Å². The number of hydrogen-bond donors (Lipinski definition) is 1. The molecule has 142 valence electrons. The third-order valence-electron chi connectivity index (χ3n) is 3.95. The van der Waals surface area contributed by atoms with Gasteiger partial charge in [0.05, 0.1) is 16.1 Å². The van der Waals surface area contributed by atoms with Crippen molar-refractivity contribution >= 4 is 50.2 Å². The summed E-state index contributed by atoms with van der Waals surface area (Å²) in [5.74, 6) is -0.672. The van der Waals surface area contributed by atoms with Gasteiger partial charge in [0.15, 0.2) is 0 Å². The van der Waals surface area contributed by atoms with Crippen molar-refractivity contribution < 1.29 is 18.0 Å². The zero-order valence-corrected chi connectivity index (χ0v) is 15.8. The van der Waals surface area contributed by atoms with Gasteiger partial charge in [0, 0.05) is 9.72 Å². The van der Waals surface area contributed by atoms with E-state index >= 15 is 0 Å². The van der Waals surface area contributed by atoms with Crippen molar-refractivity contribution in [3.8, 4) is 6.07 Å². The number of Topliss-reactive ketones (excluding diaryl/α,β-unsaturated/α-hetero) is 1. The zero-order valence-electron chi connectivity index (χ0n) is 14.3. The lowest BCUT2D eigenvalue weighted by Crippen LogP contribution is -2.15. The average Bonchev–Trinajstić information content (AvgIpc) is 2.98. The van der Waals surface area contributed by atoms with Gasteiger partial charge >= 0.3 is 6.18 Å². The summed E-state index contributed by atoms with van der Waals surface area (Å²) in [5.41, 5.74) is 0.979. The molecule has 0 radical (unpaired) electrons. The molecule has 0 fully saturated rings. The van der Waals surface area contributed by atoms with Crippen LogP contribution in [0.1, 0.15) is 20.8 Å². The number of ketones is 1. The Morgan fingerprint density at radius 2 is 1.96 bits per heavy atom. The minimum absolute atomic E-state index is 0.281. The Labute approximate surface area is 166 Å². The normalized spacial score (nSPS) is 12.1. The molecular weight excluding hydrogens is 411 g/mol. The number of hydrogen-bond acceptors (Lipinski definition) is 5. The third-order valence-corrected chi connectivity index (χ3v) is 5.45. The first-order chi connectivity index (χ1) is 13.2. The van der Waals surface area contributed by atoms with E-state index in [0.29, 0.717) is 10.6 Å². The molecule has 0 saturated carbocycles. The Kier molecular flexibility index (Phi) is 5.40. The highest BCUT2D eigenvalue weighted by Crippen LogP contribution is 2.35. The highest BCUT2D eigenvalue weighted by molar-refractivity contribution is 7.21. The number of alkyl halides is 3. The summed E-state index contributed by atoms with van der Waals surface area (Å²) < 4.78 is 40.0. The predicted molar refractivity (Wildman–Crippen MR) is 104 cm³/mol. The molecule has 4 nitrogen and oxygen atoms in total. The third kappa shape index (κ3) is 3.86. The van der Waals surface area contributed by atoms with Crippen molar-refractivity contribution in [2.45, 2.75) is 13.1 Å². The van der Waals surface area contributed by atoms with Crippen molar-refractivity contribution in [3.63, 3.8) is 0 Å². The van der Waals surface area contributed by atoms with E-state index in [0.717, 1.165) is 16.2 Å². The van der Waals surface area contributed by atoms with Gasteiger partial charge in [0.1, 0.15) is 6.07 Å². The van der Waals surface area contributed by atoms with Crippen LogP contribution in [0.25, 0.3) is 10.1 Å². The van der Waals surface area contributed by atoms with Crippen LogP contribution in [0.5, 0.6) is 0 Å². The summed E-state index contributed by atoms with van der Waals surface area (Å²) in [5, 5.41) is 14.2. The molecule has 3 aromatic rings. The molecule has 0 spiro atoms. The molecule has 0 aliphatic rings. The number of nitriles is 1. The lowest BCUT2D eigenvalue weighted by atomic mass is 10.1. The van der Waals surface area contributed by atoms with E-state index in [4.69, 9.17) is 11.6 Å². The summed E-state index contributed by atoms with van der Waals surface area (Å²) in [6.07, 6.45) is -4.60. The molecule has 0 atom stereocenters. The van der Waals surface area contributed by atoms with Gasteiger partial charge < -0.3 is 0 Å². The van der Waals surface area contributed by atoms with Gasteiger partial charge in [0.25, 0.3) is 0 Å². The quantitative estimate of drug-likeness (QED) is 0.316. The summed E-state index contributed by atoms with van der Waals surface area (Å²) >= 11 is 7.15. The Morgan fingerprint density at radius 3 is 2.64 bits per heavy atom. The van der Waals surface area contributed by atoms with Crippen molar-refractivity contribution in [2.75, 3.05) is 5.43 Å². The van der Waals surface area contributed by atoms with E-state index < -0.39 is 23.2 Å². The number of anilines is 1. The summed E-state index contributed by atoms with van der Waals surface area (Å²) in [7, 11) is 0. The number of benzene rings is 2. The fourth-order valence-electron chi connectivity index (χ4n) is 2.59. The van der Waals surface area contributed by atoms with Gasteiger partial charge in [-0.15, -0.1) is 11.3 Å². The van der Waals surface area contributed by atoms with Crippen LogP contribution in [0.3, 0.4) is 0 Å². The van der Waals surface area contributed by atoms with Gasteiger partial charge in [0.2, 0.25) is 11.5 Å². The van der Waals surface area contributed by atoms with Crippen molar-refractivity contribution in [2.24, 2.45) is 5.10 Å². The molecule has 0 aliphatic carbocycles. The standard InChI is InChI=1S/C19H11ClF3N3OS/c1-10-12-8-11(20)6-7-16(12)28-18(10)17(27)15(9-24)26-25-14-5-3-2-4-13(14)19(21,22)23/h2-8,25H,1H3. The van der Waals surface area contributed by atoms with E-state index in [9.17, 15) is 23.2 Å². The monoisotopic (exact) mass is 421 g/mol. The van der Waals surface area contributed by atoms with Gasteiger partial charge in [-0.2, -0.15) is 23.5 Å². The van der Waals surface area contributed by atoms with Crippen molar-refractivity contribution in [3.05, 3.63) is 63.5 Å². The number of hydrazone groups is 1. The van der Waals surface area contributed by atoms with E-state index in [1.165, 1.54) is 29.5 Å². The number of fused-ring (bicyclic) bond motifs is 1. The SMILES string of the molecule is Cc1c(C(=O)C(C#N)=NNc2ccccc2C(F)(F)F)sc2ccc(Cl)cc12. The lowest BCUT2D eigenvalue weighted by Gasteiger charge is -2.11. The maximum Gasteiger partial charge on any atom is 0.418 e. The molecule has 1 N–H and O–H groups in total. The maximum atomic E-state index is 13.1. The molecule has 3 rings (SSSR count). The Bertz CT molecular complexity index is 1150. The van der Waals surface area contributed by atoms with Crippen molar-refractivity contribution in [1.82, 2.24) is 0 Å². The molecule has 0 saturated heterocycles. The molecule has 28 heavy (non-hydrogen) atoms. The summed E-state index contributed by atoms with van der Waals surface area (Å²) in [6.45, 7) is 1.71. The van der Waals surface area contributed by atoms with Crippen LogP contribution in [0.2, 0.25) is 5.02 Å². The second-order valence-electron chi connectivity index (χ2n) is 5.75. The molecule has 0 amide bonds. The van der Waals surface area contributed by atoms with Crippen LogP contribution in [0, 0.1) is 18.3 Å². The molecule has 1 heterocycles. The van der Waals surface area contributed by atoms with Crippen LogP contribution < -0.4 is 5.43 Å². The molecule has 1 aromatic heterocycles. The predicted octanol–water partition coefficient (Wildman–Crippen LogP) is 6.06. The van der Waals surface area contributed by atoms with E-state index in [-0.39, 0.29) is 10.6 Å². The topological polar surface area (TPSA) is 65.2 Å². The maximum absolute atomic E-state index is 13.1. The number of rotatable bonds is 4. The first kappa shape index (κ1) is 19.9. The average molecular weight is 422 g/mol. The fourth-order valence-corrected chi connectivity index (χ4v) is 3.89. The van der Waals surface area contributed by atoms with E-state index in [2.05, 4.69) is 10.5 Å². The second-order valence-corrected chi connectivity index (χ2v) is 7.24. The number of nitrogens with one attached hydrogen (secondary N) is 1. The van der Waals surface area contributed by atoms with E-state index in [1.807, 2.05) is 0 Å². The minimum Gasteiger partial charge on any atom is -0.285 e. The molecule has 0 aliphatic heterocycles. The van der Waals surface area contributed by atoms with Crippen molar-refractivity contribution in [1.29, 1.82) is 5.26 Å². The Balaban J connectivity index is 1.96. The Morgan fingerprint density at radius 1 is 1.25 bits per heavy atom. The number of aryl methyl sites for hydroxylation is 1. The summed E-state index contributed by atoms with van der Waals surface area (Å²) in [6, 6.07) is 11.5. The molecule has 0 bridgehead atoms. The summed E-state index contributed by atoms with van der Waals surface area (Å²) in [4.78, 5) is 13.0. The van der Waals surface area contributed by atoms with E-state index in [1.54, 1.807) is 31.2 Å². The first-order valence-corrected chi connectivity index (χ1v) is 9.05. The van der Waals surface area contributed by atoms with Crippen LogP contribution in [-0.4, -0.2) is 11.5 Å². The minimum atomic E-state index is -4.60. The lowest BCUT2D eigenvalue weighted by molar-refractivity contribution is -0.136. The number of para-hydroxylation sites is 1. The van der Waals surface area contributed by atoms with Gasteiger partial charge in [-0.05, 0) is 48.2 Å². The highest BCUT2D eigenvalue weighted by Gasteiger charge is 2.33. The Hall–Kier alpha value is -2.89. The molecule has 0 unspecified atom stereocenters. The van der Waals surface area contributed by atoms with Gasteiger partial charge in [-0.1, -0.05) is 23.7 Å². The molecular formula is C19H11ClF3N3OS. The number of carbonyl (C=O) groups is 1. The van der Waals surface area contributed by atoms with Crippen LogP contribution >= 0.6 is 22.9 Å². The first-order valence-electron chi connectivity index (χ1n) is 7.85. The number of thiophene rings is 1. The number of nitrogens with zero attached hydrogens (tertiary/aromatic N) is 2. The highest BCUT2D eigenvalue weighted by atomic mass is 35.5. The number of carbonyl (C=O) groups excluding carboxylic acids is 1. The van der Waals surface area contributed by atoms with Gasteiger partial charge in [-0.3, -0.25) is 10.2 Å². The number of halogens is 4. The van der Waals surface area contributed by atoms with Gasteiger partial charge in [-0.25, -0.2) is 0 Å². The smallest absolute Gasteiger partial charge is 0.285 e. The van der Waals surface area contributed by atoms with Crippen LogP contribution in [0.4, 0.5) is 18.9 Å². The zero-order chi connectivity index (χ0) is 20.5.